The highest BCUT2D eigenvalue weighted by Gasteiger charge is 2.11. The van der Waals surface area contributed by atoms with E-state index in [0.29, 0.717) is 17.1 Å². The zero-order valence-electron chi connectivity index (χ0n) is 11.1. The number of amides is 1. The average Bonchev–Trinajstić information content (AvgIpc) is 2.39. The molecule has 98 valence electrons. The number of hydrogen-bond donors (Lipinski definition) is 1. The molecule has 2 aromatic heterocycles. The molecule has 2 aromatic rings. The number of hydrogen-bond acceptors (Lipinski definition) is 4. The minimum absolute atomic E-state index is 0.260. The summed E-state index contributed by atoms with van der Waals surface area (Å²) in [6.45, 7) is 3.72. The Morgan fingerprint density at radius 3 is 2.53 bits per heavy atom. The van der Waals surface area contributed by atoms with E-state index in [0.717, 1.165) is 11.4 Å². The predicted octanol–water partition coefficient (Wildman–Crippen LogP) is 2.35. The topological polar surface area (TPSA) is 64.1 Å². The van der Waals surface area contributed by atoms with E-state index >= 15 is 0 Å². The molecule has 5 nitrogen and oxygen atoms in total. The Balaban J connectivity index is 2.23. The van der Waals surface area contributed by atoms with Gasteiger partial charge < -0.3 is 10.1 Å². The molecule has 0 spiro atoms. The fourth-order valence-electron chi connectivity index (χ4n) is 1.58. The van der Waals surface area contributed by atoms with Crippen molar-refractivity contribution in [2.75, 3.05) is 12.4 Å². The van der Waals surface area contributed by atoms with Gasteiger partial charge in [-0.25, -0.2) is 4.98 Å². The first-order valence-electron chi connectivity index (χ1n) is 5.86. The number of nitrogens with one attached hydrogen (secondary N) is 1. The van der Waals surface area contributed by atoms with Crippen LogP contribution in [0.25, 0.3) is 0 Å². The summed E-state index contributed by atoms with van der Waals surface area (Å²) in [6, 6.07) is 7.10. The van der Waals surface area contributed by atoms with Gasteiger partial charge in [0.2, 0.25) is 0 Å². The quantitative estimate of drug-likeness (QED) is 0.916. The van der Waals surface area contributed by atoms with E-state index < -0.39 is 0 Å². The molecule has 0 fully saturated rings. The van der Waals surface area contributed by atoms with Crippen molar-refractivity contribution in [2.45, 2.75) is 13.8 Å². The van der Waals surface area contributed by atoms with E-state index in [1.165, 1.54) is 13.3 Å². The Hall–Kier alpha value is -2.43. The van der Waals surface area contributed by atoms with Gasteiger partial charge in [0.15, 0.2) is 11.6 Å². The highest BCUT2D eigenvalue weighted by atomic mass is 16.5. The van der Waals surface area contributed by atoms with Gasteiger partial charge in [0.05, 0.1) is 12.7 Å². The van der Waals surface area contributed by atoms with Crippen LogP contribution >= 0.6 is 0 Å². The number of anilines is 1. The molecule has 2 heterocycles. The van der Waals surface area contributed by atoms with Gasteiger partial charge in [-0.2, -0.15) is 0 Å². The lowest BCUT2D eigenvalue weighted by atomic mass is 10.2. The smallest absolute Gasteiger partial charge is 0.258 e. The number of carbonyl (C=O) groups is 1. The van der Waals surface area contributed by atoms with Crippen molar-refractivity contribution in [1.82, 2.24) is 9.97 Å². The maximum atomic E-state index is 12.1. The van der Waals surface area contributed by atoms with Crippen molar-refractivity contribution < 1.29 is 9.53 Å². The number of aryl methyl sites for hydroxylation is 2. The molecule has 0 aromatic carbocycles. The zero-order valence-corrected chi connectivity index (χ0v) is 11.1. The third-order valence-corrected chi connectivity index (χ3v) is 2.62. The van der Waals surface area contributed by atoms with Gasteiger partial charge in [-0.1, -0.05) is 0 Å². The van der Waals surface area contributed by atoms with Crippen molar-refractivity contribution in [2.24, 2.45) is 0 Å². The zero-order chi connectivity index (χ0) is 13.8. The van der Waals surface area contributed by atoms with Crippen molar-refractivity contribution in [3.8, 4) is 5.75 Å². The number of rotatable bonds is 3. The molecule has 0 aliphatic heterocycles. The lowest BCUT2D eigenvalue weighted by Gasteiger charge is -2.09. The summed E-state index contributed by atoms with van der Waals surface area (Å²) in [5, 5.41) is 2.72. The van der Waals surface area contributed by atoms with Crippen LogP contribution in [0.2, 0.25) is 0 Å². The number of methoxy groups -OCH3 is 1. The van der Waals surface area contributed by atoms with Crippen molar-refractivity contribution >= 4 is 11.7 Å². The second kappa shape index (κ2) is 5.48. The number of pyridine rings is 2. The van der Waals surface area contributed by atoms with Crippen molar-refractivity contribution in [1.29, 1.82) is 0 Å². The fraction of sp³-hybridized carbons (Fsp3) is 0.214. The molecule has 0 aliphatic rings. The SMILES string of the molecule is COc1ccc(C)nc1NC(=O)c1ccc(C)nc1. The van der Waals surface area contributed by atoms with E-state index in [-0.39, 0.29) is 5.91 Å². The third-order valence-electron chi connectivity index (χ3n) is 2.62. The molecule has 0 bridgehead atoms. The van der Waals surface area contributed by atoms with Crippen LogP contribution in [0.5, 0.6) is 5.75 Å². The van der Waals surface area contributed by atoms with Gasteiger partial charge in [-0.15, -0.1) is 0 Å². The second-order valence-electron chi connectivity index (χ2n) is 4.15. The third kappa shape index (κ3) is 3.07. The van der Waals surface area contributed by atoms with Crippen LogP contribution < -0.4 is 10.1 Å². The van der Waals surface area contributed by atoms with Gasteiger partial charge in [-0.3, -0.25) is 9.78 Å². The summed E-state index contributed by atoms with van der Waals surface area (Å²) in [5.74, 6) is 0.677. The molecule has 19 heavy (non-hydrogen) atoms. The summed E-state index contributed by atoms with van der Waals surface area (Å²) in [6.07, 6.45) is 1.53. The van der Waals surface area contributed by atoms with Crippen LogP contribution in [0.3, 0.4) is 0 Å². The Morgan fingerprint density at radius 1 is 1.16 bits per heavy atom. The molecule has 0 radical (unpaired) electrons. The molecule has 0 atom stereocenters. The summed E-state index contributed by atoms with van der Waals surface area (Å²) in [7, 11) is 1.54. The normalized spacial score (nSPS) is 10.1. The summed E-state index contributed by atoms with van der Waals surface area (Å²) >= 11 is 0. The van der Waals surface area contributed by atoms with E-state index in [2.05, 4.69) is 15.3 Å². The number of nitrogens with zero attached hydrogens (tertiary/aromatic N) is 2. The molecule has 5 heteroatoms. The van der Waals surface area contributed by atoms with E-state index in [1.807, 2.05) is 19.9 Å². The van der Waals surface area contributed by atoms with Gasteiger partial charge in [-0.05, 0) is 38.1 Å². The summed E-state index contributed by atoms with van der Waals surface area (Å²) < 4.78 is 5.16. The first-order valence-corrected chi connectivity index (χ1v) is 5.86. The minimum Gasteiger partial charge on any atom is -0.493 e. The Kier molecular flexibility index (Phi) is 3.75. The molecule has 1 amide bonds. The molecule has 1 N–H and O–H groups in total. The number of carbonyl (C=O) groups excluding carboxylic acids is 1. The summed E-state index contributed by atoms with van der Waals surface area (Å²) in [4.78, 5) is 20.4. The molecule has 0 unspecified atom stereocenters. The Bertz CT molecular complexity index is 594. The molecule has 2 rings (SSSR count). The average molecular weight is 257 g/mol. The van der Waals surface area contributed by atoms with Gasteiger partial charge in [0.25, 0.3) is 5.91 Å². The van der Waals surface area contributed by atoms with Crippen molar-refractivity contribution in [3.05, 3.63) is 47.4 Å². The first-order chi connectivity index (χ1) is 9.10. The standard InChI is InChI=1S/C14H15N3O2/c1-9-4-6-11(8-15-9)14(18)17-13-12(19-3)7-5-10(2)16-13/h4-8H,1-3H3,(H,16,17,18). The predicted molar refractivity (Wildman–Crippen MR) is 72.5 cm³/mol. The highest BCUT2D eigenvalue weighted by Crippen LogP contribution is 2.22. The first kappa shape index (κ1) is 13.0. The summed E-state index contributed by atoms with van der Waals surface area (Å²) in [5.41, 5.74) is 2.15. The largest absolute Gasteiger partial charge is 0.493 e. The van der Waals surface area contributed by atoms with Crippen LogP contribution in [0.15, 0.2) is 30.5 Å². The van der Waals surface area contributed by atoms with Gasteiger partial charge >= 0.3 is 0 Å². The van der Waals surface area contributed by atoms with Gasteiger partial charge in [0, 0.05) is 17.6 Å². The maximum absolute atomic E-state index is 12.1. The van der Waals surface area contributed by atoms with Crippen LogP contribution in [-0.4, -0.2) is 23.0 Å². The lowest BCUT2D eigenvalue weighted by Crippen LogP contribution is -2.14. The minimum atomic E-state index is -0.260. The van der Waals surface area contributed by atoms with E-state index in [9.17, 15) is 4.79 Å². The highest BCUT2D eigenvalue weighted by molar-refractivity contribution is 6.04. The Morgan fingerprint density at radius 2 is 1.89 bits per heavy atom. The van der Waals surface area contributed by atoms with Crippen LogP contribution in [0.4, 0.5) is 5.82 Å². The monoisotopic (exact) mass is 257 g/mol. The molecular formula is C14H15N3O2. The maximum Gasteiger partial charge on any atom is 0.258 e. The van der Waals surface area contributed by atoms with Crippen LogP contribution in [0.1, 0.15) is 21.7 Å². The van der Waals surface area contributed by atoms with Gasteiger partial charge in [0.1, 0.15) is 0 Å². The molecule has 0 saturated heterocycles. The van der Waals surface area contributed by atoms with E-state index in [1.54, 1.807) is 18.2 Å². The second-order valence-corrected chi connectivity index (χ2v) is 4.15. The van der Waals surface area contributed by atoms with Crippen molar-refractivity contribution in [3.63, 3.8) is 0 Å². The molecular weight excluding hydrogens is 242 g/mol. The fourth-order valence-corrected chi connectivity index (χ4v) is 1.58. The van der Waals surface area contributed by atoms with Crippen LogP contribution in [0, 0.1) is 13.8 Å². The number of ether oxygens (including phenoxy) is 1. The molecule has 0 saturated carbocycles. The molecule has 0 aliphatic carbocycles. The lowest BCUT2D eigenvalue weighted by molar-refractivity contribution is 0.102. The van der Waals surface area contributed by atoms with Crippen LogP contribution in [-0.2, 0) is 0 Å². The number of aromatic nitrogens is 2. The Labute approximate surface area is 111 Å². The van der Waals surface area contributed by atoms with E-state index in [4.69, 9.17) is 4.74 Å².